The molecule has 3 rings (SSSR count). The second-order valence-electron chi connectivity index (χ2n) is 5.86. The molecule has 1 fully saturated rings. The molecule has 0 saturated carbocycles. The summed E-state index contributed by atoms with van der Waals surface area (Å²) in [5, 5.41) is 6.07. The predicted molar refractivity (Wildman–Crippen MR) is 96.9 cm³/mol. The van der Waals surface area contributed by atoms with Crippen LogP contribution in [-0.4, -0.2) is 29.1 Å². The molecule has 1 aromatic heterocycles. The summed E-state index contributed by atoms with van der Waals surface area (Å²) in [7, 11) is 0. The Kier molecular flexibility index (Phi) is 5.15. The smallest absolute Gasteiger partial charge is 0.323 e. The number of hydrogen-bond donors (Lipinski definition) is 2. The lowest BCUT2D eigenvalue weighted by Gasteiger charge is -2.26. The minimum atomic E-state index is -0.357. The third-order valence-corrected chi connectivity index (χ3v) is 4.37. The van der Waals surface area contributed by atoms with Crippen molar-refractivity contribution in [1.29, 1.82) is 0 Å². The van der Waals surface area contributed by atoms with Gasteiger partial charge in [0.15, 0.2) is 0 Å². The molecular formula is C17H20ClN5O. The predicted octanol–water partition coefficient (Wildman–Crippen LogP) is 4.07. The van der Waals surface area contributed by atoms with E-state index in [1.54, 1.807) is 24.5 Å². The molecule has 24 heavy (non-hydrogen) atoms. The Balaban J connectivity index is 1.58. The normalized spacial score (nSPS) is 14.3. The number of rotatable bonds is 3. The van der Waals surface area contributed by atoms with Gasteiger partial charge in [0.25, 0.3) is 0 Å². The van der Waals surface area contributed by atoms with E-state index in [0.29, 0.717) is 22.3 Å². The first-order valence-corrected chi connectivity index (χ1v) is 8.41. The van der Waals surface area contributed by atoms with E-state index >= 15 is 0 Å². The highest BCUT2D eigenvalue weighted by molar-refractivity contribution is 6.31. The van der Waals surface area contributed by atoms with E-state index in [-0.39, 0.29) is 6.03 Å². The maximum absolute atomic E-state index is 12.0. The number of nitrogens with one attached hydrogen (secondary N) is 2. The van der Waals surface area contributed by atoms with Crippen LogP contribution >= 0.6 is 11.6 Å². The number of amides is 2. The molecule has 0 bridgehead atoms. The van der Waals surface area contributed by atoms with E-state index < -0.39 is 0 Å². The van der Waals surface area contributed by atoms with Crippen molar-refractivity contribution in [2.45, 2.75) is 26.2 Å². The largest absolute Gasteiger partial charge is 0.341 e. The molecule has 1 aliphatic rings. The highest BCUT2D eigenvalue weighted by atomic mass is 35.5. The summed E-state index contributed by atoms with van der Waals surface area (Å²) in [5.41, 5.74) is 2.14. The third kappa shape index (κ3) is 4.14. The fourth-order valence-corrected chi connectivity index (χ4v) is 2.79. The van der Waals surface area contributed by atoms with Crippen LogP contribution in [0, 0.1) is 6.92 Å². The maximum atomic E-state index is 12.0. The fourth-order valence-electron chi connectivity index (χ4n) is 2.61. The van der Waals surface area contributed by atoms with Crippen molar-refractivity contribution < 1.29 is 4.79 Å². The summed E-state index contributed by atoms with van der Waals surface area (Å²) in [6, 6.07) is 5.02. The number of carbonyl (C=O) groups is 1. The highest BCUT2D eigenvalue weighted by Gasteiger charge is 2.13. The Hall–Kier alpha value is -2.34. The van der Waals surface area contributed by atoms with Gasteiger partial charge in [-0.3, -0.25) is 0 Å². The molecule has 0 spiro atoms. The molecule has 1 aliphatic heterocycles. The Morgan fingerprint density at radius 3 is 2.42 bits per heavy atom. The lowest BCUT2D eigenvalue weighted by molar-refractivity contribution is 0.262. The number of nitrogens with zero attached hydrogens (tertiary/aromatic N) is 3. The molecule has 1 aromatic carbocycles. The van der Waals surface area contributed by atoms with Gasteiger partial charge in [0.05, 0.1) is 18.1 Å². The number of carbonyl (C=O) groups excluding carboxylic acids is 1. The zero-order valence-corrected chi connectivity index (χ0v) is 14.3. The van der Waals surface area contributed by atoms with Crippen molar-refractivity contribution in [2.24, 2.45) is 0 Å². The first-order valence-electron chi connectivity index (χ1n) is 8.03. The van der Waals surface area contributed by atoms with Crippen LogP contribution in [-0.2, 0) is 0 Å². The third-order valence-electron chi connectivity index (χ3n) is 3.96. The molecular weight excluding hydrogens is 326 g/mol. The van der Waals surface area contributed by atoms with Crippen molar-refractivity contribution in [3.05, 3.63) is 41.2 Å². The zero-order valence-electron chi connectivity index (χ0n) is 13.6. The Bertz CT molecular complexity index is 713. The van der Waals surface area contributed by atoms with Crippen LogP contribution in [0.25, 0.3) is 0 Å². The number of piperidine rings is 1. The van der Waals surface area contributed by atoms with Crippen LogP contribution in [0.1, 0.15) is 24.8 Å². The first-order chi connectivity index (χ1) is 11.6. The Labute approximate surface area is 146 Å². The first kappa shape index (κ1) is 16.5. The molecule has 2 N–H and O–H groups in total. The van der Waals surface area contributed by atoms with Crippen LogP contribution in [0.15, 0.2) is 30.6 Å². The molecule has 2 heterocycles. The van der Waals surface area contributed by atoms with Crippen LogP contribution in [0.5, 0.6) is 0 Å². The number of aryl methyl sites for hydroxylation is 1. The summed E-state index contributed by atoms with van der Waals surface area (Å²) >= 11 is 6.05. The number of urea groups is 1. The van der Waals surface area contributed by atoms with Crippen LogP contribution in [0.3, 0.4) is 0 Å². The van der Waals surface area contributed by atoms with Gasteiger partial charge in [0, 0.05) is 23.8 Å². The summed E-state index contributed by atoms with van der Waals surface area (Å²) in [4.78, 5) is 22.9. The van der Waals surface area contributed by atoms with E-state index in [1.165, 1.54) is 19.3 Å². The minimum absolute atomic E-state index is 0.357. The number of anilines is 3. The number of aromatic nitrogens is 2. The van der Waals surface area contributed by atoms with Gasteiger partial charge in [-0.25, -0.2) is 14.8 Å². The molecule has 2 aromatic rings. The van der Waals surface area contributed by atoms with E-state index in [1.807, 2.05) is 13.0 Å². The molecule has 0 radical (unpaired) electrons. The molecule has 0 atom stereocenters. The number of halogens is 1. The van der Waals surface area contributed by atoms with E-state index in [0.717, 1.165) is 18.7 Å². The molecule has 7 heteroatoms. The highest BCUT2D eigenvalue weighted by Crippen LogP contribution is 2.20. The summed E-state index contributed by atoms with van der Waals surface area (Å²) in [6.45, 7) is 3.89. The summed E-state index contributed by atoms with van der Waals surface area (Å²) in [5.74, 6) is 0.714. The minimum Gasteiger partial charge on any atom is -0.341 e. The molecule has 0 aliphatic carbocycles. The maximum Gasteiger partial charge on any atom is 0.323 e. The van der Waals surface area contributed by atoms with Gasteiger partial charge in [-0.2, -0.15) is 0 Å². The van der Waals surface area contributed by atoms with Gasteiger partial charge in [-0.05, 0) is 43.9 Å². The molecule has 126 valence electrons. The van der Waals surface area contributed by atoms with Crippen molar-refractivity contribution >= 4 is 35.0 Å². The summed E-state index contributed by atoms with van der Waals surface area (Å²) < 4.78 is 0. The lowest BCUT2D eigenvalue weighted by Crippen LogP contribution is -2.31. The monoisotopic (exact) mass is 345 g/mol. The molecule has 0 unspecified atom stereocenters. The van der Waals surface area contributed by atoms with Crippen molar-refractivity contribution in [1.82, 2.24) is 9.97 Å². The molecule has 2 amide bonds. The Morgan fingerprint density at radius 1 is 1.08 bits per heavy atom. The molecule has 6 nitrogen and oxygen atoms in total. The number of benzene rings is 1. The van der Waals surface area contributed by atoms with Gasteiger partial charge in [-0.15, -0.1) is 0 Å². The van der Waals surface area contributed by atoms with E-state index in [2.05, 4.69) is 25.5 Å². The zero-order chi connectivity index (χ0) is 16.9. The van der Waals surface area contributed by atoms with E-state index in [9.17, 15) is 4.79 Å². The van der Waals surface area contributed by atoms with Crippen molar-refractivity contribution in [3.8, 4) is 0 Å². The SMILES string of the molecule is Cc1ccc(NC(=O)Nc2cnc(N3CCCCC3)nc2)cc1Cl. The standard InChI is InChI=1S/C17H20ClN5O/c1-12-5-6-13(9-15(12)18)21-17(24)22-14-10-19-16(20-11-14)23-7-3-2-4-8-23/h5-6,9-11H,2-4,7-8H2,1H3,(H2,21,22,24). The second-order valence-corrected chi connectivity index (χ2v) is 6.27. The quantitative estimate of drug-likeness (QED) is 0.879. The van der Waals surface area contributed by atoms with Crippen LogP contribution in [0.4, 0.5) is 22.1 Å². The van der Waals surface area contributed by atoms with Crippen molar-refractivity contribution in [3.63, 3.8) is 0 Å². The van der Waals surface area contributed by atoms with Gasteiger partial charge >= 0.3 is 6.03 Å². The van der Waals surface area contributed by atoms with Gasteiger partial charge < -0.3 is 15.5 Å². The lowest BCUT2D eigenvalue weighted by atomic mass is 10.1. The average molecular weight is 346 g/mol. The average Bonchev–Trinajstić information content (AvgIpc) is 2.59. The van der Waals surface area contributed by atoms with Crippen molar-refractivity contribution in [2.75, 3.05) is 28.6 Å². The van der Waals surface area contributed by atoms with Gasteiger partial charge in [0.2, 0.25) is 5.95 Å². The van der Waals surface area contributed by atoms with Gasteiger partial charge in [0.1, 0.15) is 0 Å². The molecule has 1 saturated heterocycles. The fraction of sp³-hybridized carbons (Fsp3) is 0.353. The van der Waals surface area contributed by atoms with E-state index in [4.69, 9.17) is 11.6 Å². The van der Waals surface area contributed by atoms with Crippen LogP contribution in [0.2, 0.25) is 5.02 Å². The topological polar surface area (TPSA) is 70.2 Å². The Morgan fingerprint density at radius 2 is 1.75 bits per heavy atom. The van der Waals surface area contributed by atoms with Crippen LogP contribution < -0.4 is 15.5 Å². The second kappa shape index (κ2) is 7.49. The number of hydrogen-bond acceptors (Lipinski definition) is 4. The summed E-state index contributed by atoms with van der Waals surface area (Å²) in [6.07, 6.45) is 6.85. The van der Waals surface area contributed by atoms with Gasteiger partial charge in [-0.1, -0.05) is 17.7 Å².